The van der Waals surface area contributed by atoms with Crippen LogP contribution in [0.4, 0.5) is 0 Å². The molecule has 3 N–H and O–H groups in total. The zero-order valence-corrected chi connectivity index (χ0v) is 10.9. The van der Waals surface area contributed by atoms with E-state index >= 15 is 0 Å². The third-order valence-electron chi connectivity index (χ3n) is 3.18. The van der Waals surface area contributed by atoms with E-state index in [9.17, 15) is 0 Å². The number of H-pyrrole nitrogens is 1. The molecule has 0 unspecified atom stereocenters. The van der Waals surface area contributed by atoms with Crippen LogP contribution in [-0.2, 0) is 6.42 Å². The fourth-order valence-electron chi connectivity index (χ4n) is 2.21. The maximum Gasteiger partial charge on any atom is 0.177 e. The summed E-state index contributed by atoms with van der Waals surface area (Å²) in [7, 11) is 0. The minimum absolute atomic E-state index is 0.681. The molecule has 0 saturated heterocycles. The zero-order chi connectivity index (χ0) is 13.2. The van der Waals surface area contributed by atoms with Gasteiger partial charge in [-0.2, -0.15) is 0 Å². The number of benzene rings is 1. The second kappa shape index (κ2) is 4.82. The summed E-state index contributed by atoms with van der Waals surface area (Å²) in [5, 5.41) is 0. The van der Waals surface area contributed by atoms with Crippen LogP contribution in [-0.4, -0.2) is 21.5 Å². The molecule has 4 nitrogen and oxygen atoms in total. The van der Waals surface area contributed by atoms with E-state index in [0.717, 1.165) is 34.5 Å². The number of nitrogens with one attached hydrogen (secondary N) is 1. The van der Waals surface area contributed by atoms with Crippen molar-refractivity contribution in [1.82, 2.24) is 15.0 Å². The van der Waals surface area contributed by atoms with E-state index in [4.69, 9.17) is 5.73 Å². The number of rotatable bonds is 3. The third kappa shape index (κ3) is 2.35. The van der Waals surface area contributed by atoms with Crippen molar-refractivity contribution in [3.8, 4) is 11.1 Å². The highest BCUT2D eigenvalue weighted by atomic mass is 15.0. The van der Waals surface area contributed by atoms with Crippen LogP contribution in [0.15, 0.2) is 36.5 Å². The lowest BCUT2D eigenvalue weighted by Crippen LogP contribution is -2.02. The molecule has 3 aromatic rings. The van der Waals surface area contributed by atoms with E-state index < -0.39 is 0 Å². The van der Waals surface area contributed by atoms with Gasteiger partial charge in [0.1, 0.15) is 5.82 Å². The molecule has 0 aliphatic rings. The molecule has 0 aliphatic heterocycles. The van der Waals surface area contributed by atoms with Gasteiger partial charge in [0.25, 0.3) is 0 Å². The first-order valence-corrected chi connectivity index (χ1v) is 6.38. The average Bonchev–Trinajstić information content (AvgIpc) is 2.79. The van der Waals surface area contributed by atoms with Gasteiger partial charge in [0, 0.05) is 11.8 Å². The lowest BCUT2D eigenvalue weighted by atomic mass is 10.0. The maximum atomic E-state index is 5.55. The van der Waals surface area contributed by atoms with Crippen LogP contribution in [0.5, 0.6) is 0 Å². The summed E-state index contributed by atoms with van der Waals surface area (Å²) < 4.78 is 0. The molecule has 0 saturated carbocycles. The largest absolute Gasteiger partial charge is 0.341 e. The molecule has 0 amide bonds. The molecular formula is C15H16N4. The maximum absolute atomic E-state index is 5.55. The second-order valence-electron chi connectivity index (χ2n) is 4.65. The van der Waals surface area contributed by atoms with E-state index in [1.54, 1.807) is 0 Å². The summed E-state index contributed by atoms with van der Waals surface area (Å²) in [6.45, 7) is 2.61. The molecule has 2 aromatic heterocycles. The van der Waals surface area contributed by atoms with E-state index in [-0.39, 0.29) is 0 Å². The molecule has 19 heavy (non-hydrogen) atoms. The van der Waals surface area contributed by atoms with Gasteiger partial charge in [0.05, 0.1) is 5.52 Å². The van der Waals surface area contributed by atoms with Gasteiger partial charge in [-0.15, -0.1) is 0 Å². The number of aromatic nitrogens is 3. The van der Waals surface area contributed by atoms with Crippen LogP contribution in [0.2, 0.25) is 0 Å². The molecule has 1 aromatic carbocycles. The smallest absolute Gasteiger partial charge is 0.177 e. The SMILES string of the molecule is Cc1nc2ncc(-c3ccc(CCN)cc3)cc2[nH]1. The number of aromatic amines is 1. The van der Waals surface area contributed by atoms with Crippen LogP contribution < -0.4 is 5.73 Å². The van der Waals surface area contributed by atoms with Gasteiger partial charge in [-0.05, 0) is 37.1 Å². The van der Waals surface area contributed by atoms with E-state index in [0.29, 0.717) is 6.54 Å². The number of nitrogens with two attached hydrogens (primary N) is 1. The topological polar surface area (TPSA) is 67.6 Å². The number of fused-ring (bicyclic) bond motifs is 1. The summed E-state index contributed by atoms with van der Waals surface area (Å²) in [6.07, 6.45) is 2.78. The lowest BCUT2D eigenvalue weighted by molar-refractivity contribution is 0.969. The van der Waals surface area contributed by atoms with Crippen molar-refractivity contribution >= 4 is 11.2 Å². The summed E-state index contributed by atoms with van der Waals surface area (Å²) >= 11 is 0. The van der Waals surface area contributed by atoms with Crippen molar-refractivity contribution in [1.29, 1.82) is 0 Å². The van der Waals surface area contributed by atoms with Crippen LogP contribution >= 0.6 is 0 Å². The monoisotopic (exact) mass is 252 g/mol. The van der Waals surface area contributed by atoms with Gasteiger partial charge < -0.3 is 10.7 Å². The van der Waals surface area contributed by atoms with Crippen LogP contribution in [0, 0.1) is 6.92 Å². The minimum atomic E-state index is 0.681. The molecule has 0 radical (unpaired) electrons. The second-order valence-corrected chi connectivity index (χ2v) is 4.65. The van der Waals surface area contributed by atoms with Crippen molar-refractivity contribution < 1.29 is 0 Å². The highest BCUT2D eigenvalue weighted by molar-refractivity contribution is 5.78. The van der Waals surface area contributed by atoms with Gasteiger partial charge in [-0.25, -0.2) is 9.97 Å². The summed E-state index contributed by atoms with van der Waals surface area (Å²) in [6, 6.07) is 10.5. The zero-order valence-electron chi connectivity index (χ0n) is 10.9. The Bertz CT molecular complexity index is 698. The summed E-state index contributed by atoms with van der Waals surface area (Å²) in [5.74, 6) is 0.887. The Labute approximate surface area is 111 Å². The molecule has 2 heterocycles. The van der Waals surface area contributed by atoms with Gasteiger partial charge in [0.2, 0.25) is 0 Å². The van der Waals surface area contributed by atoms with Gasteiger partial charge >= 0.3 is 0 Å². The van der Waals surface area contributed by atoms with Crippen LogP contribution in [0.25, 0.3) is 22.3 Å². The minimum Gasteiger partial charge on any atom is -0.341 e. The summed E-state index contributed by atoms with van der Waals surface area (Å²) in [4.78, 5) is 11.9. The highest BCUT2D eigenvalue weighted by Gasteiger charge is 2.04. The first-order chi connectivity index (χ1) is 9.26. The Morgan fingerprint density at radius 2 is 1.95 bits per heavy atom. The quantitative estimate of drug-likeness (QED) is 0.752. The molecule has 0 spiro atoms. The highest BCUT2D eigenvalue weighted by Crippen LogP contribution is 2.22. The van der Waals surface area contributed by atoms with Crippen LogP contribution in [0.3, 0.4) is 0 Å². The van der Waals surface area contributed by atoms with Crippen molar-refractivity contribution in [2.24, 2.45) is 5.73 Å². The first kappa shape index (κ1) is 11.9. The Morgan fingerprint density at radius 3 is 2.68 bits per heavy atom. The third-order valence-corrected chi connectivity index (χ3v) is 3.18. The van der Waals surface area contributed by atoms with E-state index in [1.807, 2.05) is 13.1 Å². The molecule has 0 atom stereocenters. The number of nitrogens with zero attached hydrogens (tertiary/aromatic N) is 2. The van der Waals surface area contributed by atoms with Gasteiger partial charge in [-0.1, -0.05) is 24.3 Å². The molecule has 3 rings (SSSR count). The predicted octanol–water partition coefficient (Wildman–Crippen LogP) is 2.43. The number of hydrogen-bond acceptors (Lipinski definition) is 3. The Morgan fingerprint density at radius 1 is 1.16 bits per heavy atom. The standard InChI is InChI=1S/C15H16N4/c1-10-18-14-8-13(9-17-15(14)19-10)12-4-2-11(3-5-12)6-7-16/h2-5,8-9H,6-7,16H2,1H3,(H,17,18,19). The lowest BCUT2D eigenvalue weighted by Gasteiger charge is -2.03. The van der Waals surface area contributed by atoms with Gasteiger partial charge in [0.15, 0.2) is 5.65 Å². The number of aryl methyl sites for hydroxylation is 1. The fourth-order valence-corrected chi connectivity index (χ4v) is 2.21. The molecule has 0 bridgehead atoms. The fraction of sp³-hybridized carbons (Fsp3) is 0.200. The molecule has 96 valence electrons. The van der Waals surface area contributed by atoms with E-state index in [1.165, 1.54) is 5.56 Å². The molecule has 4 heteroatoms. The van der Waals surface area contributed by atoms with E-state index in [2.05, 4.69) is 45.3 Å². The number of hydrogen-bond donors (Lipinski definition) is 2. The molecular weight excluding hydrogens is 236 g/mol. The van der Waals surface area contributed by atoms with Gasteiger partial charge in [-0.3, -0.25) is 0 Å². The van der Waals surface area contributed by atoms with Crippen LogP contribution in [0.1, 0.15) is 11.4 Å². The van der Waals surface area contributed by atoms with Crippen molar-refractivity contribution in [2.45, 2.75) is 13.3 Å². The van der Waals surface area contributed by atoms with Crippen molar-refractivity contribution in [3.05, 3.63) is 47.9 Å². The molecule has 0 fully saturated rings. The average molecular weight is 252 g/mol. The Hall–Kier alpha value is -2.20. The Balaban J connectivity index is 1.98. The van der Waals surface area contributed by atoms with Crippen molar-refractivity contribution in [2.75, 3.05) is 6.54 Å². The molecule has 0 aliphatic carbocycles. The normalized spacial score (nSPS) is 11.1. The predicted molar refractivity (Wildman–Crippen MR) is 76.8 cm³/mol. The Kier molecular flexibility index (Phi) is 3.01. The first-order valence-electron chi connectivity index (χ1n) is 6.38. The summed E-state index contributed by atoms with van der Waals surface area (Å²) in [5.41, 5.74) is 10.8. The van der Waals surface area contributed by atoms with Crippen molar-refractivity contribution in [3.63, 3.8) is 0 Å². The number of pyridine rings is 1. The number of imidazole rings is 1.